The fourth-order valence-electron chi connectivity index (χ4n) is 1.96. The van der Waals surface area contributed by atoms with E-state index in [2.05, 4.69) is 0 Å². The quantitative estimate of drug-likeness (QED) is 0.627. The Labute approximate surface area is 122 Å². The van der Waals surface area contributed by atoms with E-state index in [0.717, 1.165) is 16.4 Å². The van der Waals surface area contributed by atoms with Crippen molar-refractivity contribution in [2.75, 3.05) is 18.9 Å². The van der Waals surface area contributed by atoms with E-state index in [1.165, 1.54) is 6.07 Å². The number of nitrogens with two attached hydrogens (primary N) is 1. The van der Waals surface area contributed by atoms with Gasteiger partial charge in [-0.15, -0.1) is 0 Å². The molecule has 0 atom stereocenters. The lowest BCUT2D eigenvalue weighted by Gasteiger charge is -2.21. The summed E-state index contributed by atoms with van der Waals surface area (Å²) in [4.78, 5) is 11.1. The van der Waals surface area contributed by atoms with Gasteiger partial charge in [0, 0.05) is 11.7 Å². The summed E-state index contributed by atoms with van der Waals surface area (Å²) >= 11 is 0. The first-order valence-electron chi connectivity index (χ1n) is 6.58. The lowest BCUT2D eigenvalue weighted by Crippen LogP contribution is -2.38. The molecule has 1 aliphatic rings. The second kappa shape index (κ2) is 5.98. The third kappa shape index (κ3) is 3.51. The summed E-state index contributed by atoms with van der Waals surface area (Å²) in [7, 11) is -4.10. The molecule has 0 spiro atoms. The Balaban J connectivity index is 2.31. The number of halogens is 1. The second-order valence-corrected chi connectivity index (χ2v) is 6.64. The smallest absolute Gasteiger partial charge is 0.321 e. The molecular formula is C13H17FN2O4S. The van der Waals surface area contributed by atoms with Crippen LogP contribution in [0.3, 0.4) is 0 Å². The SMILES string of the molecule is CCOC(=O)CN(C1CC1)S(=O)(=O)c1ccc(N)cc1F. The highest BCUT2D eigenvalue weighted by molar-refractivity contribution is 7.89. The van der Waals surface area contributed by atoms with Gasteiger partial charge in [0.15, 0.2) is 0 Å². The van der Waals surface area contributed by atoms with Crippen LogP contribution in [-0.4, -0.2) is 37.9 Å². The summed E-state index contributed by atoms with van der Waals surface area (Å²) in [6.45, 7) is 1.38. The van der Waals surface area contributed by atoms with E-state index in [-0.39, 0.29) is 18.3 Å². The molecule has 2 N–H and O–H groups in total. The topological polar surface area (TPSA) is 89.7 Å². The van der Waals surface area contributed by atoms with Crippen molar-refractivity contribution >= 4 is 21.7 Å². The van der Waals surface area contributed by atoms with Crippen LogP contribution in [0, 0.1) is 5.82 Å². The number of ether oxygens (including phenoxy) is 1. The Morgan fingerprint density at radius 1 is 1.48 bits per heavy atom. The number of hydrogen-bond donors (Lipinski definition) is 1. The minimum absolute atomic E-state index is 0.134. The average Bonchev–Trinajstić information content (AvgIpc) is 3.19. The van der Waals surface area contributed by atoms with Crippen molar-refractivity contribution in [3.05, 3.63) is 24.0 Å². The number of hydrogen-bond acceptors (Lipinski definition) is 5. The van der Waals surface area contributed by atoms with Crippen molar-refractivity contribution in [1.82, 2.24) is 4.31 Å². The molecule has 0 radical (unpaired) electrons. The lowest BCUT2D eigenvalue weighted by molar-refractivity contribution is -0.143. The zero-order chi connectivity index (χ0) is 15.6. The minimum atomic E-state index is -4.10. The first-order chi connectivity index (χ1) is 9.86. The standard InChI is InChI=1S/C13H17FN2O4S/c1-2-20-13(17)8-16(10-4-5-10)21(18,19)12-6-3-9(15)7-11(12)14/h3,6-7,10H,2,4-5,8,15H2,1H3. The van der Waals surface area contributed by atoms with Gasteiger partial charge in [-0.05, 0) is 38.0 Å². The van der Waals surface area contributed by atoms with Gasteiger partial charge in [0.2, 0.25) is 10.0 Å². The van der Waals surface area contributed by atoms with Gasteiger partial charge in [-0.2, -0.15) is 4.31 Å². The summed E-state index contributed by atoms with van der Waals surface area (Å²) in [6, 6.07) is 3.09. The number of nitrogen functional groups attached to an aromatic ring is 1. The fraction of sp³-hybridized carbons (Fsp3) is 0.462. The van der Waals surface area contributed by atoms with Crippen molar-refractivity contribution in [2.45, 2.75) is 30.7 Å². The Morgan fingerprint density at radius 2 is 2.14 bits per heavy atom. The third-order valence-electron chi connectivity index (χ3n) is 3.09. The molecule has 8 heteroatoms. The van der Waals surface area contributed by atoms with E-state index in [1.54, 1.807) is 6.92 Å². The predicted molar refractivity (Wildman–Crippen MR) is 74.4 cm³/mol. The van der Waals surface area contributed by atoms with Crippen LogP contribution >= 0.6 is 0 Å². The van der Waals surface area contributed by atoms with E-state index in [0.29, 0.717) is 12.8 Å². The number of anilines is 1. The molecule has 0 heterocycles. The molecule has 1 aromatic carbocycles. The van der Waals surface area contributed by atoms with Gasteiger partial charge in [0.1, 0.15) is 17.3 Å². The maximum atomic E-state index is 13.9. The Bertz CT molecular complexity index is 644. The van der Waals surface area contributed by atoms with Crippen LogP contribution in [0.2, 0.25) is 0 Å². The molecule has 0 aliphatic heterocycles. The summed E-state index contributed by atoms with van der Waals surface area (Å²) in [5.74, 6) is -1.58. The van der Waals surface area contributed by atoms with Crippen LogP contribution in [0.25, 0.3) is 0 Å². The summed E-state index contributed by atoms with van der Waals surface area (Å²) < 4.78 is 44.7. The molecule has 1 aromatic rings. The lowest BCUT2D eigenvalue weighted by atomic mass is 10.3. The molecule has 0 unspecified atom stereocenters. The summed E-state index contributed by atoms with van der Waals surface area (Å²) in [5.41, 5.74) is 5.55. The number of esters is 1. The molecule has 6 nitrogen and oxygen atoms in total. The molecule has 1 fully saturated rings. The van der Waals surface area contributed by atoms with Crippen LogP contribution in [0.5, 0.6) is 0 Å². The molecule has 0 amide bonds. The van der Waals surface area contributed by atoms with Crippen molar-refractivity contribution in [2.24, 2.45) is 0 Å². The fourth-order valence-corrected chi connectivity index (χ4v) is 3.64. The highest BCUT2D eigenvalue weighted by Gasteiger charge is 2.40. The van der Waals surface area contributed by atoms with E-state index in [4.69, 9.17) is 10.5 Å². The van der Waals surface area contributed by atoms with Crippen LogP contribution < -0.4 is 5.73 Å². The Morgan fingerprint density at radius 3 is 2.67 bits per heavy atom. The van der Waals surface area contributed by atoms with Crippen LogP contribution in [0.1, 0.15) is 19.8 Å². The van der Waals surface area contributed by atoms with Crippen LogP contribution in [0.4, 0.5) is 10.1 Å². The summed E-state index contributed by atoms with van der Waals surface area (Å²) in [5, 5.41) is 0. The van der Waals surface area contributed by atoms with Gasteiger partial charge in [-0.3, -0.25) is 4.79 Å². The van der Waals surface area contributed by atoms with Gasteiger partial charge >= 0.3 is 5.97 Å². The van der Waals surface area contributed by atoms with Gasteiger partial charge in [-0.25, -0.2) is 12.8 Å². The van der Waals surface area contributed by atoms with Gasteiger partial charge < -0.3 is 10.5 Å². The number of carbonyl (C=O) groups is 1. The van der Waals surface area contributed by atoms with Crippen LogP contribution in [0.15, 0.2) is 23.1 Å². The molecule has 1 aliphatic carbocycles. The van der Waals surface area contributed by atoms with E-state index >= 15 is 0 Å². The summed E-state index contributed by atoms with van der Waals surface area (Å²) in [6.07, 6.45) is 1.30. The maximum absolute atomic E-state index is 13.9. The predicted octanol–water partition coefficient (Wildman–Crippen LogP) is 1.12. The number of sulfonamides is 1. The monoisotopic (exact) mass is 316 g/mol. The zero-order valence-corrected chi connectivity index (χ0v) is 12.4. The Hall–Kier alpha value is -1.67. The van der Waals surface area contributed by atoms with Crippen molar-refractivity contribution in [3.8, 4) is 0 Å². The Kier molecular flexibility index (Phi) is 4.48. The van der Waals surface area contributed by atoms with Crippen molar-refractivity contribution < 1.29 is 22.3 Å². The molecule has 116 valence electrons. The molecule has 21 heavy (non-hydrogen) atoms. The van der Waals surface area contributed by atoms with E-state index in [9.17, 15) is 17.6 Å². The van der Waals surface area contributed by atoms with Crippen molar-refractivity contribution in [3.63, 3.8) is 0 Å². The highest BCUT2D eigenvalue weighted by atomic mass is 32.2. The number of carbonyl (C=O) groups excluding carboxylic acids is 1. The normalized spacial score (nSPS) is 15.2. The van der Waals surface area contributed by atoms with Crippen molar-refractivity contribution in [1.29, 1.82) is 0 Å². The van der Waals surface area contributed by atoms with Gasteiger partial charge in [0.05, 0.1) is 6.61 Å². The minimum Gasteiger partial charge on any atom is -0.465 e. The average molecular weight is 316 g/mol. The molecule has 0 aromatic heterocycles. The zero-order valence-electron chi connectivity index (χ0n) is 11.6. The first-order valence-corrected chi connectivity index (χ1v) is 8.02. The molecule has 2 rings (SSSR count). The van der Waals surface area contributed by atoms with Gasteiger partial charge in [0.25, 0.3) is 0 Å². The molecule has 1 saturated carbocycles. The molecule has 0 saturated heterocycles. The largest absolute Gasteiger partial charge is 0.465 e. The molecular weight excluding hydrogens is 299 g/mol. The molecule has 0 bridgehead atoms. The first kappa shape index (κ1) is 15.7. The number of benzene rings is 1. The third-order valence-corrected chi connectivity index (χ3v) is 5.02. The van der Waals surface area contributed by atoms with Crippen LogP contribution in [-0.2, 0) is 19.6 Å². The maximum Gasteiger partial charge on any atom is 0.321 e. The number of rotatable bonds is 6. The van der Waals surface area contributed by atoms with Gasteiger partial charge in [-0.1, -0.05) is 0 Å². The van der Waals surface area contributed by atoms with E-state index < -0.39 is 33.3 Å². The highest BCUT2D eigenvalue weighted by Crippen LogP contribution is 2.33. The number of nitrogens with zero attached hydrogens (tertiary/aromatic N) is 1. The van der Waals surface area contributed by atoms with E-state index in [1.807, 2.05) is 0 Å². The second-order valence-electron chi connectivity index (χ2n) is 4.78.